The highest BCUT2D eigenvalue weighted by Crippen LogP contribution is 2.15. The van der Waals surface area contributed by atoms with Gasteiger partial charge in [0.05, 0.1) is 56.2 Å². The van der Waals surface area contributed by atoms with Crippen molar-refractivity contribution in [3.8, 4) is 12.3 Å². The van der Waals surface area contributed by atoms with Gasteiger partial charge in [-0.15, -0.1) is 11.5 Å². The summed E-state index contributed by atoms with van der Waals surface area (Å²) < 4.78 is 28.9. The average molecular weight is 360 g/mol. The Bertz CT molecular complexity index is 686. The summed E-state index contributed by atoms with van der Waals surface area (Å²) in [5.74, 6) is 2.15. The molecule has 0 spiro atoms. The second-order valence-corrected chi connectivity index (χ2v) is 6.91. The number of aromatic nitrogens is 3. The molecule has 1 aromatic heterocycles. The van der Waals surface area contributed by atoms with Crippen LogP contribution in [0.15, 0.2) is 6.20 Å². The van der Waals surface area contributed by atoms with Crippen LogP contribution in [0.3, 0.4) is 0 Å². The molecule has 0 bridgehead atoms. The summed E-state index contributed by atoms with van der Waals surface area (Å²) in [6.45, 7) is -0.308. The standard InChI is InChI=1S/C12H20N6O5S/c1-2-3-13-24(22,23)14-4-8-5-18(17-16-8)6-9-11(20)12(21)10(7-19)15-9/h1,5,9-15,19-21H,3-4,6-7H2/t9-,10-,11-,12-/m1/s1. The SMILES string of the molecule is C#CCNS(=O)(=O)NCc1cn(C[C@H]2N[C@H](CO)[C@@H](O)[C@@H]2O)nn1. The van der Waals surface area contributed by atoms with Gasteiger partial charge in [-0.2, -0.15) is 17.9 Å². The molecule has 0 saturated carbocycles. The monoisotopic (exact) mass is 360 g/mol. The third kappa shape index (κ3) is 4.71. The fraction of sp³-hybridized carbons (Fsp3) is 0.667. The van der Waals surface area contributed by atoms with Gasteiger partial charge in [-0.3, -0.25) is 4.68 Å². The molecule has 0 unspecified atom stereocenters. The Hall–Kier alpha value is -1.59. The predicted octanol–water partition coefficient (Wildman–Crippen LogP) is -4.11. The molecule has 6 N–H and O–H groups in total. The Labute approximate surface area is 139 Å². The summed E-state index contributed by atoms with van der Waals surface area (Å²) in [7, 11) is -3.71. The van der Waals surface area contributed by atoms with Crippen LogP contribution in [0.25, 0.3) is 0 Å². The topological polar surface area (TPSA) is 162 Å². The molecule has 0 radical (unpaired) electrons. The zero-order chi connectivity index (χ0) is 17.7. The minimum Gasteiger partial charge on any atom is -0.395 e. The first kappa shape index (κ1) is 18.7. The molecule has 1 saturated heterocycles. The summed E-state index contributed by atoms with van der Waals surface area (Å²) in [4.78, 5) is 0. The Morgan fingerprint density at radius 3 is 2.67 bits per heavy atom. The van der Waals surface area contributed by atoms with Crippen LogP contribution in [0.1, 0.15) is 5.69 Å². The van der Waals surface area contributed by atoms with Crippen LogP contribution in [-0.2, 0) is 23.3 Å². The van der Waals surface area contributed by atoms with E-state index < -0.39 is 34.5 Å². The minimum absolute atomic E-state index is 0.0809. The quantitative estimate of drug-likeness (QED) is 0.255. The van der Waals surface area contributed by atoms with Crippen LogP contribution in [0.5, 0.6) is 0 Å². The maximum absolute atomic E-state index is 11.5. The van der Waals surface area contributed by atoms with Gasteiger partial charge in [0.25, 0.3) is 10.2 Å². The molecule has 2 rings (SSSR count). The van der Waals surface area contributed by atoms with E-state index in [-0.39, 0.29) is 26.2 Å². The van der Waals surface area contributed by atoms with E-state index in [4.69, 9.17) is 11.5 Å². The Morgan fingerprint density at radius 1 is 1.33 bits per heavy atom. The van der Waals surface area contributed by atoms with Crippen molar-refractivity contribution >= 4 is 10.2 Å². The maximum Gasteiger partial charge on any atom is 0.278 e. The number of nitrogens with zero attached hydrogens (tertiary/aromatic N) is 3. The lowest BCUT2D eigenvalue weighted by Gasteiger charge is -2.15. The Kier molecular flexibility index (Phi) is 6.24. The lowest BCUT2D eigenvalue weighted by molar-refractivity contribution is 0.0175. The van der Waals surface area contributed by atoms with Crippen molar-refractivity contribution in [2.24, 2.45) is 0 Å². The molecule has 1 aromatic rings. The molecule has 2 heterocycles. The Morgan fingerprint density at radius 2 is 2.04 bits per heavy atom. The lowest BCUT2D eigenvalue weighted by atomic mass is 10.1. The molecule has 1 fully saturated rings. The number of aliphatic hydroxyl groups is 3. The van der Waals surface area contributed by atoms with E-state index in [2.05, 4.69) is 31.0 Å². The van der Waals surface area contributed by atoms with Gasteiger partial charge in [0.2, 0.25) is 0 Å². The predicted molar refractivity (Wildman–Crippen MR) is 82.4 cm³/mol. The van der Waals surface area contributed by atoms with Crippen molar-refractivity contribution in [3.63, 3.8) is 0 Å². The third-order valence-corrected chi connectivity index (χ3v) is 4.63. The molecular formula is C12H20N6O5S. The highest BCUT2D eigenvalue weighted by atomic mass is 32.2. The molecule has 24 heavy (non-hydrogen) atoms. The van der Waals surface area contributed by atoms with E-state index in [0.717, 1.165) is 0 Å². The van der Waals surface area contributed by atoms with Crippen LogP contribution in [0.2, 0.25) is 0 Å². The van der Waals surface area contributed by atoms with Crippen molar-refractivity contribution in [1.82, 2.24) is 29.8 Å². The first-order valence-corrected chi connectivity index (χ1v) is 8.64. The third-order valence-electron chi connectivity index (χ3n) is 3.58. The summed E-state index contributed by atoms with van der Waals surface area (Å²) in [5.41, 5.74) is 0.368. The van der Waals surface area contributed by atoms with Gasteiger partial charge in [-0.1, -0.05) is 11.1 Å². The summed E-state index contributed by atoms with van der Waals surface area (Å²) in [6, 6.07) is -1.12. The molecule has 11 nitrogen and oxygen atoms in total. The first-order valence-electron chi connectivity index (χ1n) is 7.16. The molecule has 0 aromatic carbocycles. The zero-order valence-corrected chi connectivity index (χ0v) is 13.5. The lowest BCUT2D eigenvalue weighted by Crippen LogP contribution is -2.38. The molecule has 12 heteroatoms. The second-order valence-electron chi connectivity index (χ2n) is 5.33. The molecule has 134 valence electrons. The molecule has 0 amide bonds. The van der Waals surface area contributed by atoms with Gasteiger partial charge in [0.15, 0.2) is 0 Å². The van der Waals surface area contributed by atoms with Gasteiger partial charge < -0.3 is 20.6 Å². The molecule has 1 aliphatic rings. The van der Waals surface area contributed by atoms with E-state index in [1.807, 2.05) is 0 Å². The summed E-state index contributed by atoms with van der Waals surface area (Å²) in [5, 5.41) is 39.3. The highest BCUT2D eigenvalue weighted by molar-refractivity contribution is 7.87. The molecule has 0 aliphatic carbocycles. The number of hydrogen-bond donors (Lipinski definition) is 6. The average Bonchev–Trinajstić information content (AvgIpc) is 3.11. The number of rotatable bonds is 8. The number of nitrogens with one attached hydrogen (secondary N) is 3. The van der Waals surface area contributed by atoms with E-state index in [0.29, 0.717) is 5.69 Å². The van der Waals surface area contributed by atoms with Crippen molar-refractivity contribution in [1.29, 1.82) is 0 Å². The first-order chi connectivity index (χ1) is 11.4. The highest BCUT2D eigenvalue weighted by Gasteiger charge is 2.40. The summed E-state index contributed by atoms with van der Waals surface area (Å²) >= 11 is 0. The van der Waals surface area contributed by atoms with Gasteiger partial charge in [0.1, 0.15) is 0 Å². The van der Waals surface area contributed by atoms with Crippen molar-refractivity contribution < 1.29 is 23.7 Å². The van der Waals surface area contributed by atoms with Crippen LogP contribution >= 0.6 is 0 Å². The largest absolute Gasteiger partial charge is 0.395 e. The number of terminal acetylenes is 1. The van der Waals surface area contributed by atoms with E-state index >= 15 is 0 Å². The van der Waals surface area contributed by atoms with E-state index in [1.54, 1.807) is 0 Å². The number of hydrogen-bond acceptors (Lipinski definition) is 8. The van der Waals surface area contributed by atoms with Crippen molar-refractivity contribution in [2.75, 3.05) is 13.2 Å². The molecule has 4 atom stereocenters. The fourth-order valence-electron chi connectivity index (χ4n) is 2.34. The molecular weight excluding hydrogens is 340 g/mol. The molecule has 1 aliphatic heterocycles. The Balaban J connectivity index is 1.89. The van der Waals surface area contributed by atoms with E-state index in [9.17, 15) is 18.6 Å². The van der Waals surface area contributed by atoms with E-state index in [1.165, 1.54) is 10.9 Å². The van der Waals surface area contributed by atoms with Crippen molar-refractivity contribution in [2.45, 2.75) is 37.4 Å². The van der Waals surface area contributed by atoms with Crippen LogP contribution < -0.4 is 14.8 Å². The normalized spacial score (nSPS) is 27.2. The number of aliphatic hydroxyl groups excluding tert-OH is 3. The van der Waals surface area contributed by atoms with Gasteiger partial charge in [0, 0.05) is 6.20 Å². The smallest absolute Gasteiger partial charge is 0.278 e. The van der Waals surface area contributed by atoms with Crippen LogP contribution in [0, 0.1) is 12.3 Å². The minimum atomic E-state index is -3.71. The van der Waals surface area contributed by atoms with Gasteiger partial charge >= 0.3 is 0 Å². The van der Waals surface area contributed by atoms with Crippen LogP contribution in [0.4, 0.5) is 0 Å². The second kappa shape index (κ2) is 7.99. The fourth-order valence-corrected chi connectivity index (χ4v) is 3.05. The van der Waals surface area contributed by atoms with Gasteiger partial charge in [-0.05, 0) is 0 Å². The maximum atomic E-state index is 11.5. The zero-order valence-electron chi connectivity index (χ0n) is 12.7. The van der Waals surface area contributed by atoms with Crippen LogP contribution in [-0.4, -0.2) is 76.2 Å². The van der Waals surface area contributed by atoms with Crippen molar-refractivity contribution in [3.05, 3.63) is 11.9 Å². The summed E-state index contributed by atoms with van der Waals surface area (Å²) in [6.07, 6.45) is 4.36. The van der Waals surface area contributed by atoms with Gasteiger partial charge in [-0.25, -0.2) is 0 Å².